The lowest BCUT2D eigenvalue weighted by molar-refractivity contribution is -0.119. The molecule has 0 aliphatic heterocycles. The molecule has 2 rings (SSSR count). The van der Waals surface area contributed by atoms with Gasteiger partial charge in [-0.2, -0.15) is 0 Å². The van der Waals surface area contributed by atoms with Crippen molar-refractivity contribution >= 4 is 17.7 Å². The van der Waals surface area contributed by atoms with Crippen LogP contribution in [0.4, 0.5) is 35.1 Å². The molecule has 3 N–H and O–H groups in total. The zero-order valence-corrected chi connectivity index (χ0v) is 15.5. The Morgan fingerprint density at radius 3 is 1.55 bits per heavy atom. The second-order valence-corrected chi connectivity index (χ2v) is 6.80. The summed E-state index contributed by atoms with van der Waals surface area (Å²) in [6, 6.07) is -1.13. The van der Waals surface area contributed by atoms with Crippen LogP contribution in [0.2, 0.25) is 0 Å². The first-order valence-corrected chi connectivity index (χ1v) is 8.72. The van der Waals surface area contributed by atoms with Crippen LogP contribution in [-0.2, 0) is 4.79 Å². The summed E-state index contributed by atoms with van der Waals surface area (Å²) in [7, 11) is 1.29. The van der Waals surface area contributed by atoms with Crippen LogP contribution in [0.3, 0.4) is 0 Å². The highest BCUT2D eigenvalue weighted by molar-refractivity contribution is 7.99. The highest BCUT2D eigenvalue weighted by atomic mass is 32.2. The van der Waals surface area contributed by atoms with E-state index in [2.05, 4.69) is 5.32 Å². The van der Waals surface area contributed by atoms with Gasteiger partial charge in [0, 0.05) is 11.3 Å². The molecule has 1 amide bonds. The number of rotatable bonds is 6. The van der Waals surface area contributed by atoms with Crippen molar-refractivity contribution in [2.24, 2.45) is 5.73 Å². The normalized spacial score (nSPS) is 12.3. The zero-order chi connectivity index (χ0) is 22.2. The van der Waals surface area contributed by atoms with Crippen molar-refractivity contribution in [1.29, 1.82) is 0 Å². The average Bonchev–Trinajstić information content (AvgIpc) is 2.68. The first-order valence-electron chi connectivity index (χ1n) is 7.73. The summed E-state index contributed by atoms with van der Waals surface area (Å²) in [5.41, 5.74) is 0.0161. The van der Waals surface area contributed by atoms with Crippen molar-refractivity contribution in [2.75, 3.05) is 12.8 Å². The molecule has 0 radical (unpaired) electrons. The quantitative estimate of drug-likeness (QED) is 0.403. The molecule has 3 nitrogen and oxygen atoms in total. The standard InChI is InChI=1S/C17H12F8N2OS/c1-4-8(18)10(20)6(11(21)9(4)19)7-12(22)14(24)16(15(25)13(7)23)29-3-5(27-2)17(26)28/h5,27H,3H2,1-2H3,(H2,26,28)/t5-/m0/s1. The molecular weight excluding hydrogens is 432 g/mol. The minimum absolute atomic E-state index is 0.155. The predicted molar refractivity (Wildman–Crippen MR) is 89.0 cm³/mol. The Morgan fingerprint density at radius 1 is 0.828 bits per heavy atom. The van der Waals surface area contributed by atoms with Crippen molar-refractivity contribution in [3.63, 3.8) is 0 Å². The van der Waals surface area contributed by atoms with Crippen LogP contribution in [0.1, 0.15) is 5.56 Å². The fraction of sp³-hybridized carbons (Fsp3) is 0.235. The van der Waals surface area contributed by atoms with Crippen molar-refractivity contribution in [1.82, 2.24) is 5.32 Å². The Bertz CT molecular complexity index is 940. The number of amides is 1. The molecule has 2 aromatic rings. The third kappa shape index (κ3) is 3.90. The lowest BCUT2D eigenvalue weighted by atomic mass is 9.99. The molecule has 0 fully saturated rings. The van der Waals surface area contributed by atoms with E-state index in [1.165, 1.54) is 7.05 Å². The number of benzene rings is 2. The van der Waals surface area contributed by atoms with Gasteiger partial charge in [-0.3, -0.25) is 4.79 Å². The molecule has 0 saturated heterocycles. The Hall–Kier alpha value is -2.34. The number of hydrogen-bond donors (Lipinski definition) is 2. The van der Waals surface area contributed by atoms with Gasteiger partial charge in [0.05, 0.1) is 22.1 Å². The van der Waals surface area contributed by atoms with Crippen LogP contribution in [0.15, 0.2) is 4.90 Å². The number of carbonyl (C=O) groups is 1. The topological polar surface area (TPSA) is 55.1 Å². The number of thioether (sulfide) groups is 1. The van der Waals surface area contributed by atoms with Crippen molar-refractivity contribution in [3.05, 3.63) is 52.1 Å². The molecule has 0 heterocycles. The Labute approximate surface area is 163 Å². The highest BCUT2D eigenvalue weighted by Crippen LogP contribution is 2.40. The summed E-state index contributed by atoms with van der Waals surface area (Å²) in [6.07, 6.45) is 0. The van der Waals surface area contributed by atoms with Crippen molar-refractivity contribution < 1.29 is 39.9 Å². The van der Waals surface area contributed by atoms with Crippen LogP contribution < -0.4 is 11.1 Å². The van der Waals surface area contributed by atoms with Gasteiger partial charge < -0.3 is 11.1 Å². The highest BCUT2D eigenvalue weighted by Gasteiger charge is 2.33. The SMILES string of the molecule is CN[C@@H](CSc1c(F)c(F)c(-c2c(F)c(F)c(C)c(F)c2F)c(F)c1F)C(N)=O. The minimum Gasteiger partial charge on any atom is -0.368 e. The Kier molecular flexibility index (Phi) is 6.78. The smallest absolute Gasteiger partial charge is 0.235 e. The van der Waals surface area contributed by atoms with E-state index in [0.29, 0.717) is 6.92 Å². The number of nitrogens with one attached hydrogen (secondary N) is 1. The maximum atomic E-state index is 14.4. The molecular formula is C17H12F8N2OS. The van der Waals surface area contributed by atoms with Crippen molar-refractivity contribution in [2.45, 2.75) is 17.9 Å². The fourth-order valence-corrected chi connectivity index (χ4v) is 3.49. The second-order valence-electron chi connectivity index (χ2n) is 5.77. The first-order chi connectivity index (χ1) is 13.4. The second kappa shape index (κ2) is 8.57. The van der Waals surface area contributed by atoms with Crippen LogP contribution in [0.5, 0.6) is 0 Å². The number of likely N-dealkylation sites (N-methyl/N-ethyl adjacent to an activating group) is 1. The van der Waals surface area contributed by atoms with Gasteiger partial charge in [-0.25, -0.2) is 35.1 Å². The molecule has 0 unspecified atom stereocenters. The fourth-order valence-electron chi connectivity index (χ4n) is 2.39. The van der Waals surface area contributed by atoms with Gasteiger partial charge in [-0.05, 0) is 14.0 Å². The van der Waals surface area contributed by atoms with Gasteiger partial charge in [0.25, 0.3) is 0 Å². The monoisotopic (exact) mass is 444 g/mol. The first kappa shape index (κ1) is 22.9. The van der Waals surface area contributed by atoms with E-state index in [0.717, 1.165) is 0 Å². The maximum Gasteiger partial charge on any atom is 0.235 e. The number of carbonyl (C=O) groups excluding carboxylic acids is 1. The van der Waals surface area contributed by atoms with E-state index < -0.39 is 85.8 Å². The summed E-state index contributed by atoms with van der Waals surface area (Å²) in [6.45, 7) is 0.658. The third-order valence-corrected chi connectivity index (χ3v) is 5.19. The molecule has 0 bridgehead atoms. The molecule has 0 saturated carbocycles. The average molecular weight is 444 g/mol. The van der Waals surface area contributed by atoms with Gasteiger partial charge in [0.15, 0.2) is 46.5 Å². The summed E-state index contributed by atoms with van der Waals surface area (Å²) in [5, 5.41) is 2.40. The maximum absolute atomic E-state index is 14.4. The van der Waals surface area contributed by atoms with Gasteiger partial charge in [-0.15, -0.1) is 11.8 Å². The van der Waals surface area contributed by atoms with Crippen LogP contribution in [-0.4, -0.2) is 24.7 Å². The van der Waals surface area contributed by atoms with Gasteiger partial charge >= 0.3 is 0 Å². The van der Waals surface area contributed by atoms with Gasteiger partial charge in [0.1, 0.15) is 0 Å². The van der Waals surface area contributed by atoms with Gasteiger partial charge in [-0.1, -0.05) is 0 Å². The summed E-state index contributed by atoms with van der Waals surface area (Å²) >= 11 is 0.155. The van der Waals surface area contributed by atoms with E-state index in [4.69, 9.17) is 5.73 Å². The Morgan fingerprint density at radius 2 is 1.21 bits per heavy atom. The largest absolute Gasteiger partial charge is 0.368 e. The molecule has 0 aliphatic carbocycles. The van der Waals surface area contributed by atoms with Crippen molar-refractivity contribution in [3.8, 4) is 11.1 Å². The molecule has 0 aromatic heterocycles. The molecule has 0 aliphatic rings. The predicted octanol–water partition coefficient (Wildman–Crippen LogP) is 3.94. The van der Waals surface area contributed by atoms with E-state index in [1.54, 1.807) is 0 Å². The van der Waals surface area contributed by atoms with Gasteiger partial charge in [0.2, 0.25) is 5.91 Å². The Balaban J connectivity index is 2.69. The summed E-state index contributed by atoms with van der Waals surface area (Å²) < 4.78 is 113. The summed E-state index contributed by atoms with van der Waals surface area (Å²) in [5.74, 6) is -18.4. The van der Waals surface area contributed by atoms with E-state index in [1.807, 2.05) is 0 Å². The molecule has 1 atom stereocenters. The minimum atomic E-state index is -2.27. The van der Waals surface area contributed by atoms with Crippen LogP contribution in [0, 0.1) is 53.5 Å². The molecule has 29 heavy (non-hydrogen) atoms. The number of primary amides is 1. The molecule has 12 heteroatoms. The summed E-state index contributed by atoms with van der Waals surface area (Å²) in [4.78, 5) is 9.87. The third-order valence-electron chi connectivity index (χ3n) is 4.04. The number of nitrogens with two attached hydrogens (primary N) is 1. The molecule has 158 valence electrons. The zero-order valence-electron chi connectivity index (χ0n) is 14.7. The van der Waals surface area contributed by atoms with Crippen LogP contribution in [0.25, 0.3) is 11.1 Å². The number of halogens is 8. The van der Waals surface area contributed by atoms with E-state index in [-0.39, 0.29) is 11.8 Å². The molecule has 0 spiro atoms. The number of hydrogen-bond acceptors (Lipinski definition) is 3. The molecule has 2 aromatic carbocycles. The van der Waals surface area contributed by atoms with E-state index >= 15 is 0 Å². The lowest BCUT2D eigenvalue weighted by Crippen LogP contribution is -2.41. The lowest BCUT2D eigenvalue weighted by Gasteiger charge is -2.16. The van der Waals surface area contributed by atoms with Crippen LogP contribution >= 0.6 is 11.8 Å². The van der Waals surface area contributed by atoms with E-state index in [9.17, 15) is 39.9 Å².